The van der Waals surface area contributed by atoms with Crippen LogP contribution >= 0.6 is 23.2 Å². The minimum absolute atomic E-state index is 0.0457. The Labute approximate surface area is 269 Å². The number of halogens is 2. The second-order valence-electron chi connectivity index (χ2n) is 11.4. The summed E-state index contributed by atoms with van der Waals surface area (Å²) in [5, 5.41) is 3.70. The third kappa shape index (κ3) is 8.85. The minimum Gasteiger partial charge on any atom is -0.350 e. The van der Waals surface area contributed by atoms with E-state index in [9.17, 15) is 18.0 Å². The van der Waals surface area contributed by atoms with Crippen LogP contribution in [0.4, 0.5) is 5.69 Å². The van der Waals surface area contributed by atoms with Gasteiger partial charge in [0.2, 0.25) is 11.8 Å². The molecule has 230 valence electrons. The van der Waals surface area contributed by atoms with Crippen molar-refractivity contribution in [2.45, 2.75) is 50.2 Å². The molecule has 0 aromatic heterocycles. The van der Waals surface area contributed by atoms with Gasteiger partial charge in [0.15, 0.2) is 0 Å². The largest absolute Gasteiger partial charge is 0.350 e. The second-order valence-corrected chi connectivity index (χ2v) is 14.1. The molecule has 0 aliphatic rings. The molecule has 0 aliphatic carbocycles. The highest BCUT2D eigenvalue weighted by Gasteiger charge is 2.35. The van der Waals surface area contributed by atoms with E-state index >= 15 is 0 Å². The van der Waals surface area contributed by atoms with Crippen LogP contribution in [0.3, 0.4) is 0 Å². The predicted molar refractivity (Wildman–Crippen MR) is 176 cm³/mol. The number of carbonyl (C=O) groups excluding carboxylic acids is 2. The van der Waals surface area contributed by atoms with Gasteiger partial charge < -0.3 is 10.2 Å². The van der Waals surface area contributed by atoms with Crippen molar-refractivity contribution < 1.29 is 18.0 Å². The first-order valence-electron chi connectivity index (χ1n) is 14.1. The van der Waals surface area contributed by atoms with Gasteiger partial charge in [0.1, 0.15) is 12.6 Å². The summed E-state index contributed by atoms with van der Waals surface area (Å²) >= 11 is 12.3. The smallest absolute Gasteiger partial charge is 0.264 e. The molecule has 0 spiro atoms. The Morgan fingerprint density at radius 3 is 1.93 bits per heavy atom. The molecule has 7 nitrogen and oxygen atoms in total. The summed E-state index contributed by atoms with van der Waals surface area (Å²) in [4.78, 5) is 29.7. The lowest BCUT2D eigenvalue weighted by atomic mass is 10.0. The van der Waals surface area contributed by atoms with Crippen molar-refractivity contribution in [3.8, 4) is 0 Å². The van der Waals surface area contributed by atoms with Crippen molar-refractivity contribution in [3.05, 3.63) is 130 Å². The number of nitrogens with zero attached hydrogens (tertiary/aromatic N) is 2. The Balaban J connectivity index is 1.80. The van der Waals surface area contributed by atoms with E-state index in [2.05, 4.69) is 5.32 Å². The Bertz CT molecular complexity index is 1680. The molecule has 1 atom stereocenters. The van der Waals surface area contributed by atoms with E-state index in [1.807, 2.05) is 81.4 Å². The van der Waals surface area contributed by atoms with Crippen LogP contribution in [0.1, 0.15) is 31.9 Å². The first-order valence-corrected chi connectivity index (χ1v) is 16.3. The number of hydrogen-bond acceptors (Lipinski definition) is 4. The van der Waals surface area contributed by atoms with E-state index < -0.39 is 34.1 Å². The first-order chi connectivity index (χ1) is 20.8. The molecule has 2 amide bonds. The Morgan fingerprint density at radius 1 is 0.773 bits per heavy atom. The van der Waals surface area contributed by atoms with Gasteiger partial charge in [0, 0.05) is 28.5 Å². The van der Waals surface area contributed by atoms with Crippen LogP contribution in [-0.4, -0.2) is 43.3 Å². The molecule has 10 heteroatoms. The molecule has 4 aromatic rings. The van der Waals surface area contributed by atoms with E-state index in [1.54, 1.807) is 18.2 Å². The zero-order chi connectivity index (χ0) is 31.9. The van der Waals surface area contributed by atoms with Crippen molar-refractivity contribution in [1.82, 2.24) is 10.2 Å². The van der Waals surface area contributed by atoms with E-state index in [0.29, 0.717) is 10.0 Å². The number of sulfonamides is 1. The second kappa shape index (κ2) is 14.3. The molecule has 1 N–H and O–H groups in total. The fourth-order valence-electron chi connectivity index (χ4n) is 4.68. The lowest BCUT2D eigenvalue weighted by molar-refractivity contribution is -0.140. The lowest BCUT2D eigenvalue weighted by Crippen LogP contribution is -2.56. The molecule has 44 heavy (non-hydrogen) atoms. The molecule has 0 saturated heterocycles. The number of benzene rings is 4. The van der Waals surface area contributed by atoms with Gasteiger partial charge in [-0.25, -0.2) is 8.42 Å². The summed E-state index contributed by atoms with van der Waals surface area (Å²) in [7, 11) is -4.25. The molecule has 0 aliphatic heterocycles. The standard InChI is InChI=1S/C34H35Cl2N3O4S/c1-34(2,3)37-33(41)31(21-25-11-6-4-7-12-25)38(23-26-13-8-5-9-14-26)32(40)24-39(29-16-10-15-28(36)22-29)44(42,43)30-19-17-27(35)18-20-30/h4-20,22,31H,21,23-24H2,1-3H3,(H,37,41). The third-order valence-electron chi connectivity index (χ3n) is 6.74. The van der Waals surface area contributed by atoms with Crippen LogP contribution in [0, 0.1) is 0 Å². The highest BCUT2D eigenvalue weighted by atomic mass is 35.5. The van der Waals surface area contributed by atoms with Crippen LogP contribution < -0.4 is 9.62 Å². The van der Waals surface area contributed by atoms with E-state index in [0.717, 1.165) is 15.4 Å². The molecule has 0 saturated carbocycles. The maximum atomic E-state index is 14.4. The van der Waals surface area contributed by atoms with Gasteiger partial charge in [0.25, 0.3) is 10.0 Å². The summed E-state index contributed by atoms with van der Waals surface area (Å²) in [6.45, 7) is 5.11. The van der Waals surface area contributed by atoms with Crippen molar-refractivity contribution in [1.29, 1.82) is 0 Å². The van der Waals surface area contributed by atoms with Gasteiger partial charge in [-0.15, -0.1) is 0 Å². The van der Waals surface area contributed by atoms with Gasteiger partial charge >= 0.3 is 0 Å². The summed E-state index contributed by atoms with van der Waals surface area (Å²) in [5.74, 6) is -0.906. The maximum absolute atomic E-state index is 14.4. The molecule has 0 fully saturated rings. The van der Waals surface area contributed by atoms with Crippen molar-refractivity contribution in [2.75, 3.05) is 10.8 Å². The topological polar surface area (TPSA) is 86.8 Å². The zero-order valence-corrected chi connectivity index (χ0v) is 27.1. The van der Waals surface area contributed by atoms with E-state index in [1.165, 1.54) is 35.2 Å². The molecule has 0 heterocycles. The SMILES string of the molecule is CC(C)(C)NC(=O)C(Cc1ccccc1)N(Cc1ccccc1)C(=O)CN(c1cccc(Cl)c1)S(=O)(=O)c1ccc(Cl)cc1. The van der Waals surface area contributed by atoms with Gasteiger partial charge in [-0.05, 0) is 74.4 Å². The highest BCUT2D eigenvalue weighted by molar-refractivity contribution is 7.92. The summed E-state index contributed by atoms with van der Waals surface area (Å²) < 4.78 is 29.1. The first kappa shape index (κ1) is 33.1. The molecule has 1 unspecified atom stereocenters. The number of hydrogen-bond donors (Lipinski definition) is 1. The molecule has 0 radical (unpaired) electrons. The van der Waals surface area contributed by atoms with E-state index in [-0.39, 0.29) is 29.5 Å². The number of anilines is 1. The zero-order valence-electron chi connectivity index (χ0n) is 24.8. The molecule has 0 bridgehead atoms. The van der Waals surface area contributed by atoms with Gasteiger partial charge in [0.05, 0.1) is 10.6 Å². The third-order valence-corrected chi connectivity index (χ3v) is 9.02. The molecular weight excluding hydrogens is 617 g/mol. The Kier molecular flexibility index (Phi) is 10.7. The fourth-order valence-corrected chi connectivity index (χ4v) is 6.40. The van der Waals surface area contributed by atoms with Crippen LogP contribution in [-0.2, 0) is 32.6 Å². The lowest BCUT2D eigenvalue weighted by Gasteiger charge is -2.35. The molecular formula is C34H35Cl2N3O4S. The van der Waals surface area contributed by atoms with Crippen molar-refractivity contribution in [2.24, 2.45) is 0 Å². The maximum Gasteiger partial charge on any atom is 0.264 e. The summed E-state index contributed by atoms with van der Waals surface area (Å²) in [5.41, 5.74) is 1.28. The van der Waals surface area contributed by atoms with Crippen LogP contribution in [0.2, 0.25) is 10.0 Å². The predicted octanol–water partition coefficient (Wildman–Crippen LogP) is 6.74. The summed E-state index contributed by atoms with van der Waals surface area (Å²) in [6.07, 6.45) is 0.225. The number of carbonyl (C=O) groups is 2. The molecule has 4 aromatic carbocycles. The average Bonchev–Trinajstić information content (AvgIpc) is 2.98. The van der Waals surface area contributed by atoms with Gasteiger partial charge in [-0.3, -0.25) is 13.9 Å². The number of amides is 2. The van der Waals surface area contributed by atoms with Crippen LogP contribution in [0.5, 0.6) is 0 Å². The van der Waals surface area contributed by atoms with Crippen molar-refractivity contribution >= 4 is 50.7 Å². The van der Waals surface area contributed by atoms with Gasteiger partial charge in [-0.2, -0.15) is 0 Å². The summed E-state index contributed by atoms with van der Waals surface area (Å²) in [6, 6.07) is 29.8. The van der Waals surface area contributed by atoms with Crippen molar-refractivity contribution in [3.63, 3.8) is 0 Å². The Hall–Kier alpha value is -3.85. The van der Waals surface area contributed by atoms with Crippen LogP contribution in [0.25, 0.3) is 0 Å². The average molecular weight is 653 g/mol. The van der Waals surface area contributed by atoms with E-state index in [4.69, 9.17) is 23.2 Å². The highest BCUT2D eigenvalue weighted by Crippen LogP contribution is 2.28. The number of rotatable bonds is 11. The monoisotopic (exact) mass is 651 g/mol. The molecule has 4 rings (SSSR count). The Morgan fingerprint density at radius 2 is 1.36 bits per heavy atom. The minimum atomic E-state index is -4.25. The fraction of sp³-hybridized carbons (Fsp3) is 0.235. The normalized spacial score (nSPS) is 12.3. The quantitative estimate of drug-likeness (QED) is 0.194. The number of nitrogens with one attached hydrogen (secondary N) is 1. The van der Waals surface area contributed by atoms with Gasteiger partial charge in [-0.1, -0.05) is 89.9 Å². The van der Waals surface area contributed by atoms with Crippen LogP contribution in [0.15, 0.2) is 114 Å².